The van der Waals surface area contributed by atoms with E-state index in [9.17, 15) is 0 Å². The Balaban J connectivity index is 2.02. The number of hydrogen-bond acceptors (Lipinski definition) is 3. The van der Waals surface area contributed by atoms with E-state index in [4.69, 9.17) is 0 Å². The lowest BCUT2D eigenvalue weighted by atomic mass is 10.2. The summed E-state index contributed by atoms with van der Waals surface area (Å²) in [6, 6.07) is 4.35. The highest BCUT2D eigenvalue weighted by Crippen LogP contribution is 2.12. The molecule has 1 fully saturated rings. The summed E-state index contributed by atoms with van der Waals surface area (Å²) in [5, 5.41) is 3.35. The number of nitrogens with zero attached hydrogens (tertiary/aromatic N) is 2. The summed E-state index contributed by atoms with van der Waals surface area (Å²) >= 11 is 0. The third kappa shape index (κ3) is 2.69. The van der Waals surface area contributed by atoms with Gasteiger partial charge in [-0.05, 0) is 18.1 Å². The molecule has 0 aliphatic carbocycles. The molecule has 3 heteroatoms. The van der Waals surface area contributed by atoms with Crippen LogP contribution in [0.15, 0.2) is 18.3 Å². The van der Waals surface area contributed by atoms with Crippen molar-refractivity contribution in [3.8, 4) is 0 Å². The fraction of sp³-hybridized carbons (Fsp3) is 0.583. The molecule has 0 radical (unpaired) electrons. The molecule has 0 aromatic carbocycles. The van der Waals surface area contributed by atoms with Crippen LogP contribution in [0.25, 0.3) is 0 Å². The first-order valence-electron chi connectivity index (χ1n) is 5.80. The van der Waals surface area contributed by atoms with Gasteiger partial charge >= 0.3 is 0 Å². The average Bonchev–Trinajstić information content (AvgIpc) is 2.32. The molecule has 1 saturated heterocycles. The van der Waals surface area contributed by atoms with Crippen LogP contribution in [0, 0.1) is 0 Å². The predicted molar refractivity (Wildman–Crippen MR) is 63.3 cm³/mol. The van der Waals surface area contributed by atoms with Crippen LogP contribution in [0.1, 0.15) is 18.9 Å². The summed E-state index contributed by atoms with van der Waals surface area (Å²) in [5.74, 6) is 1.12. The maximum absolute atomic E-state index is 4.52. The Bertz CT molecular complexity index is 288. The van der Waals surface area contributed by atoms with Gasteiger partial charge in [-0.25, -0.2) is 4.98 Å². The minimum absolute atomic E-state index is 1.07. The summed E-state index contributed by atoms with van der Waals surface area (Å²) in [6.07, 6.45) is 4.34. The fourth-order valence-corrected chi connectivity index (χ4v) is 1.93. The second-order valence-corrected chi connectivity index (χ2v) is 4.01. The second-order valence-electron chi connectivity index (χ2n) is 4.01. The molecule has 0 bridgehead atoms. The van der Waals surface area contributed by atoms with E-state index in [1.54, 1.807) is 0 Å². The Morgan fingerprint density at radius 1 is 1.33 bits per heavy atom. The molecule has 2 rings (SSSR count). The molecule has 82 valence electrons. The van der Waals surface area contributed by atoms with Crippen molar-refractivity contribution in [2.45, 2.75) is 19.8 Å². The van der Waals surface area contributed by atoms with Gasteiger partial charge in [0.2, 0.25) is 0 Å². The highest BCUT2D eigenvalue weighted by Gasteiger charge is 2.10. The van der Waals surface area contributed by atoms with Gasteiger partial charge in [-0.15, -0.1) is 0 Å². The standard InChI is InChI=1S/C12H19N3/c1-2-3-11-4-5-12(14-10-11)15-8-6-13-7-9-15/h4-5,10,13H,2-3,6-9H2,1H3. The van der Waals surface area contributed by atoms with Crippen LogP contribution < -0.4 is 10.2 Å². The number of aryl methyl sites for hydroxylation is 1. The maximum Gasteiger partial charge on any atom is 0.128 e. The van der Waals surface area contributed by atoms with Crippen molar-refractivity contribution in [3.63, 3.8) is 0 Å². The second kappa shape index (κ2) is 5.12. The molecular weight excluding hydrogens is 186 g/mol. The van der Waals surface area contributed by atoms with Crippen molar-refractivity contribution in [1.29, 1.82) is 0 Å². The smallest absolute Gasteiger partial charge is 0.128 e. The van der Waals surface area contributed by atoms with Crippen molar-refractivity contribution in [2.24, 2.45) is 0 Å². The largest absolute Gasteiger partial charge is 0.354 e. The molecule has 1 aliphatic rings. The van der Waals surface area contributed by atoms with Crippen LogP contribution in [-0.4, -0.2) is 31.2 Å². The maximum atomic E-state index is 4.52. The number of piperazine rings is 1. The van der Waals surface area contributed by atoms with E-state index in [0.717, 1.165) is 38.4 Å². The summed E-state index contributed by atoms with van der Waals surface area (Å²) < 4.78 is 0. The number of aromatic nitrogens is 1. The Labute approximate surface area is 91.5 Å². The van der Waals surface area contributed by atoms with Crippen LogP contribution >= 0.6 is 0 Å². The normalized spacial score (nSPS) is 16.7. The Hall–Kier alpha value is -1.09. The first-order chi connectivity index (χ1) is 7.40. The van der Waals surface area contributed by atoms with Gasteiger partial charge in [0, 0.05) is 32.4 Å². The summed E-state index contributed by atoms with van der Waals surface area (Å²) in [6.45, 7) is 6.47. The van der Waals surface area contributed by atoms with E-state index in [1.165, 1.54) is 12.0 Å². The molecule has 1 aliphatic heterocycles. The fourth-order valence-electron chi connectivity index (χ4n) is 1.93. The molecule has 15 heavy (non-hydrogen) atoms. The van der Waals surface area contributed by atoms with E-state index in [0.29, 0.717) is 0 Å². The lowest BCUT2D eigenvalue weighted by molar-refractivity contribution is 0.585. The summed E-state index contributed by atoms with van der Waals surface area (Å²) in [4.78, 5) is 6.86. The van der Waals surface area contributed by atoms with Crippen molar-refractivity contribution in [2.75, 3.05) is 31.1 Å². The van der Waals surface area contributed by atoms with Crippen LogP contribution in [0.4, 0.5) is 5.82 Å². The SMILES string of the molecule is CCCc1ccc(N2CCNCC2)nc1. The van der Waals surface area contributed by atoms with Crippen LogP contribution in [0.2, 0.25) is 0 Å². The van der Waals surface area contributed by atoms with Gasteiger partial charge < -0.3 is 10.2 Å². The Kier molecular flexibility index (Phi) is 3.56. The number of rotatable bonds is 3. The third-order valence-corrected chi connectivity index (χ3v) is 2.79. The molecule has 1 aromatic rings. The molecule has 0 saturated carbocycles. The van der Waals surface area contributed by atoms with Gasteiger partial charge in [0.1, 0.15) is 5.82 Å². The Morgan fingerprint density at radius 3 is 2.73 bits per heavy atom. The molecule has 0 unspecified atom stereocenters. The molecule has 0 spiro atoms. The monoisotopic (exact) mass is 205 g/mol. The highest BCUT2D eigenvalue weighted by molar-refractivity contribution is 5.39. The summed E-state index contributed by atoms with van der Waals surface area (Å²) in [7, 11) is 0. The van der Waals surface area contributed by atoms with Gasteiger partial charge in [0.15, 0.2) is 0 Å². The number of anilines is 1. The van der Waals surface area contributed by atoms with E-state index < -0.39 is 0 Å². The third-order valence-electron chi connectivity index (χ3n) is 2.79. The zero-order chi connectivity index (χ0) is 10.5. The van der Waals surface area contributed by atoms with E-state index in [-0.39, 0.29) is 0 Å². The van der Waals surface area contributed by atoms with Crippen molar-refractivity contribution < 1.29 is 0 Å². The van der Waals surface area contributed by atoms with Crippen LogP contribution in [0.5, 0.6) is 0 Å². The minimum Gasteiger partial charge on any atom is -0.354 e. The van der Waals surface area contributed by atoms with E-state index in [1.807, 2.05) is 6.20 Å². The highest BCUT2D eigenvalue weighted by atomic mass is 15.2. The predicted octanol–water partition coefficient (Wildman–Crippen LogP) is 1.44. The zero-order valence-corrected chi connectivity index (χ0v) is 9.37. The first-order valence-corrected chi connectivity index (χ1v) is 5.80. The number of hydrogen-bond donors (Lipinski definition) is 1. The molecule has 2 heterocycles. The molecule has 0 amide bonds. The van der Waals surface area contributed by atoms with Gasteiger partial charge in [-0.2, -0.15) is 0 Å². The summed E-state index contributed by atoms with van der Waals surface area (Å²) in [5.41, 5.74) is 1.34. The molecule has 0 atom stereocenters. The Morgan fingerprint density at radius 2 is 2.13 bits per heavy atom. The van der Waals surface area contributed by atoms with Crippen LogP contribution in [-0.2, 0) is 6.42 Å². The molecule has 1 N–H and O–H groups in total. The van der Waals surface area contributed by atoms with Crippen molar-refractivity contribution >= 4 is 5.82 Å². The molecule has 3 nitrogen and oxygen atoms in total. The number of pyridine rings is 1. The lowest BCUT2D eigenvalue weighted by Gasteiger charge is -2.28. The quantitative estimate of drug-likeness (QED) is 0.809. The van der Waals surface area contributed by atoms with Gasteiger partial charge in [-0.3, -0.25) is 0 Å². The topological polar surface area (TPSA) is 28.2 Å². The van der Waals surface area contributed by atoms with Gasteiger partial charge in [0.25, 0.3) is 0 Å². The van der Waals surface area contributed by atoms with Crippen molar-refractivity contribution in [1.82, 2.24) is 10.3 Å². The lowest BCUT2D eigenvalue weighted by Crippen LogP contribution is -2.43. The van der Waals surface area contributed by atoms with Crippen molar-refractivity contribution in [3.05, 3.63) is 23.9 Å². The van der Waals surface area contributed by atoms with Crippen LogP contribution in [0.3, 0.4) is 0 Å². The van der Waals surface area contributed by atoms with E-state index in [2.05, 4.69) is 34.3 Å². The molecular formula is C12H19N3. The van der Waals surface area contributed by atoms with E-state index >= 15 is 0 Å². The average molecular weight is 205 g/mol. The minimum atomic E-state index is 1.07. The van der Waals surface area contributed by atoms with Gasteiger partial charge in [-0.1, -0.05) is 19.4 Å². The number of nitrogens with one attached hydrogen (secondary N) is 1. The molecule has 1 aromatic heterocycles. The first kappa shape index (κ1) is 10.4. The van der Waals surface area contributed by atoms with Gasteiger partial charge in [0.05, 0.1) is 0 Å². The zero-order valence-electron chi connectivity index (χ0n) is 9.37.